The Bertz CT molecular complexity index is 826. The van der Waals surface area contributed by atoms with E-state index in [1.54, 1.807) is 0 Å². The molecule has 22 heavy (non-hydrogen) atoms. The van der Waals surface area contributed by atoms with Gasteiger partial charge in [0.1, 0.15) is 0 Å². The van der Waals surface area contributed by atoms with Crippen LogP contribution >= 0.6 is 0 Å². The number of benzene rings is 1. The molecule has 110 valence electrons. The van der Waals surface area contributed by atoms with Gasteiger partial charge in [0, 0.05) is 55.1 Å². The number of aromatic amines is 1. The molecule has 4 heterocycles. The summed E-state index contributed by atoms with van der Waals surface area (Å²) in [6.45, 7) is 3.42. The van der Waals surface area contributed by atoms with Crippen molar-refractivity contribution in [1.82, 2.24) is 15.3 Å². The van der Waals surface area contributed by atoms with Crippen molar-refractivity contribution in [2.45, 2.75) is 6.04 Å². The first-order chi connectivity index (χ1) is 10.9. The first-order valence-electron chi connectivity index (χ1n) is 7.88. The minimum Gasteiger partial charge on any atom is -0.368 e. The zero-order valence-electron chi connectivity index (χ0n) is 12.3. The monoisotopic (exact) mass is 290 g/mol. The van der Waals surface area contributed by atoms with Crippen LogP contribution in [0.15, 0.2) is 48.9 Å². The van der Waals surface area contributed by atoms with Crippen molar-refractivity contribution in [2.24, 2.45) is 5.92 Å². The number of nitrogens with zero attached hydrogens (tertiary/aromatic N) is 2. The lowest BCUT2D eigenvalue weighted by Crippen LogP contribution is -2.51. The van der Waals surface area contributed by atoms with Gasteiger partial charge in [0.15, 0.2) is 0 Å². The third kappa shape index (κ3) is 1.84. The minimum atomic E-state index is 0.680. The number of hydrogen-bond donors (Lipinski definition) is 2. The van der Waals surface area contributed by atoms with Crippen molar-refractivity contribution in [3.63, 3.8) is 0 Å². The van der Waals surface area contributed by atoms with Crippen LogP contribution in [0.4, 0.5) is 5.69 Å². The van der Waals surface area contributed by atoms with Gasteiger partial charge in [-0.3, -0.25) is 4.98 Å². The maximum atomic E-state index is 4.47. The number of fused-ring (bicyclic) bond motifs is 2. The van der Waals surface area contributed by atoms with Crippen LogP contribution in [0.1, 0.15) is 0 Å². The van der Waals surface area contributed by atoms with E-state index in [1.165, 1.54) is 34.3 Å². The molecule has 0 spiro atoms. The fourth-order valence-corrected chi connectivity index (χ4v) is 3.65. The van der Waals surface area contributed by atoms with Gasteiger partial charge in [-0.15, -0.1) is 0 Å². The third-order valence-electron chi connectivity index (χ3n) is 5.06. The van der Waals surface area contributed by atoms with E-state index in [2.05, 4.69) is 50.5 Å². The molecule has 0 amide bonds. The maximum absolute atomic E-state index is 4.47. The van der Waals surface area contributed by atoms with Gasteiger partial charge < -0.3 is 15.2 Å². The van der Waals surface area contributed by atoms with Crippen LogP contribution in [-0.4, -0.2) is 35.6 Å². The molecule has 2 aromatic heterocycles. The molecule has 2 N–H and O–H groups in total. The lowest BCUT2D eigenvalue weighted by atomic mass is 9.96. The molecule has 0 bridgehead atoms. The number of aromatic nitrogens is 2. The van der Waals surface area contributed by atoms with E-state index in [1.807, 2.05) is 18.6 Å². The molecule has 0 aliphatic carbocycles. The summed E-state index contributed by atoms with van der Waals surface area (Å²) in [5.74, 6) is 0.819. The second kappa shape index (κ2) is 4.58. The van der Waals surface area contributed by atoms with Crippen molar-refractivity contribution in [3.05, 3.63) is 48.9 Å². The number of hydrogen-bond acceptors (Lipinski definition) is 3. The van der Waals surface area contributed by atoms with Crippen LogP contribution in [0.3, 0.4) is 0 Å². The van der Waals surface area contributed by atoms with Crippen LogP contribution in [0.25, 0.3) is 22.0 Å². The summed E-state index contributed by atoms with van der Waals surface area (Å²) >= 11 is 0. The molecule has 2 fully saturated rings. The molecule has 2 atom stereocenters. The molecule has 0 unspecified atom stereocenters. The fourth-order valence-electron chi connectivity index (χ4n) is 3.65. The SMILES string of the molecule is c1cc2cc(-c3cncc(N4C[C@H]5CN[C@@H]5C4)c3)ccc2[nH]1. The van der Waals surface area contributed by atoms with Crippen molar-refractivity contribution >= 4 is 16.6 Å². The number of nitrogens with one attached hydrogen (secondary N) is 2. The number of H-pyrrole nitrogens is 1. The maximum Gasteiger partial charge on any atom is 0.0559 e. The predicted octanol–water partition coefficient (Wildman–Crippen LogP) is 2.64. The zero-order chi connectivity index (χ0) is 14.5. The van der Waals surface area contributed by atoms with Crippen LogP contribution in [-0.2, 0) is 0 Å². The topological polar surface area (TPSA) is 44.0 Å². The largest absolute Gasteiger partial charge is 0.368 e. The Labute approximate surface area is 129 Å². The summed E-state index contributed by atoms with van der Waals surface area (Å²) in [6, 6.07) is 11.6. The highest BCUT2D eigenvalue weighted by atomic mass is 15.2. The quantitative estimate of drug-likeness (QED) is 0.762. The summed E-state index contributed by atoms with van der Waals surface area (Å²) in [7, 11) is 0. The highest BCUT2D eigenvalue weighted by molar-refractivity contribution is 5.85. The predicted molar refractivity (Wildman–Crippen MR) is 89.0 cm³/mol. The average molecular weight is 290 g/mol. The van der Waals surface area contributed by atoms with Gasteiger partial charge in [-0.25, -0.2) is 0 Å². The first kappa shape index (κ1) is 12.2. The molecule has 2 aliphatic heterocycles. The molecule has 2 saturated heterocycles. The van der Waals surface area contributed by atoms with Crippen molar-refractivity contribution < 1.29 is 0 Å². The Hall–Kier alpha value is -2.33. The molecular formula is C18H18N4. The molecule has 4 heteroatoms. The molecule has 3 aromatic rings. The van der Waals surface area contributed by atoms with Gasteiger partial charge in [0.2, 0.25) is 0 Å². The summed E-state index contributed by atoms with van der Waals surface area (Å²) in [4.78, 5) is 10.2. The van der Waals surface area contributed by atoms with Crippen LogP contribution in [0.5, 0.6) is 0 Å². The summed E-state index contributed by atoms with van der Waals surface area (Å²) in [5.41, 5.74) is 4.83. The molecule has 1 aromatic carbocycles. The number of anilines is 1. The minimum absolute atomic E-state index is 0.680. The Kier molecular flexibility index (Phi) is 2.55. The molecule has 0 radical (unpaired) electrons. The van der Waals surface area contributed by atoms with Gasteiger partial charge in [-0.2, -0.15) is 0 Å². The Morgan fingerprint density at radius 2 is 2.05 bits per heavy atom. The van der Waals surface area contributed by atoms with Gasteiger partial charge in [-0.05, 0) is 35.2 Å². The number of rotatable bonds is 2. The lowest BCUT2D eigenvalue weighted by Gasteiger charge is -2.29. The standard InChI is InChI=1S/C18H18N4/c1-2-17-13(3-4-20-17)5-12(1)14-6-16(9-19-7-14)22-10-15-8-21-18(15)11-22/h1-7,9,15,18,20-21H,8,10-11H2/t15-,18-/m1/s1. The first-order valence-corrected chi connectivity index (χ1v) is 7.88. The second-order valence-electron chi connectivity index (χ2n) is 6.39. The van der Waals surface area contributed by atoms with Crippen LogP contribution < -0.4 is 10.2 Å². The highest BCUT2D eigenvalue weighted by Crippen LogP contribution is 2.31. The van der Waals surface area contributed by atoms with E-state index in [0.717, 1.165) is 19.0 Å². The third-order valence-corrected chi connectivity index (χ3v) is 5.06. The summed E-state index contributed by atoms with van der Waals surface area (Å²) in [6.07, 6.45) is 5.93. The van der Waals surface area contributed by atoms with E-state index < -0.39 is 0 Å². The Balaban J connectivity index is 1.50. The van der Waals surface area contributed by atoms with Gasteiger partial charge >= 0.3 is 0 Å². The van der Waals surface area contributed by atoms with E-state index >= 15 is 0 Å². The Morgan fingerprint density at radius 1 is 1.05 bits per heavy atom. The normalized spacial score (nSPS) is 23.5. The Morgan fingerprint density at radius 3 is 2.86 bits per heavy atom. The van der Waals surface area contributed by atoms with Crippen LogP contribution in [0, 0.1) is 5.92 Å². The molecular weight excluding hydrogens is 272 g/mol. The lowest BCUT2D eigenvalue weighted by molar-refractivity contribution is 0.297. The van der Waals surface area contributed by atoms with Gasteiger partial charge in [0.25, 0.3) is 0 Å². The van der Waals surface area contributed by atoms with E-state index in [9.17, 15) is 0 Å². The molecule has 5 rings (SSSR count). The highest BCUT2D eigenvalue weighted by Gasteiger charge is 2.39. The zero-order valence-corrected chi connectivity index (χ0v) is 12.3. The smallest absolute Gasteiger partial charge is 0.0559 e. The van der Waals surface area contributed by atoms with Crippen molar-refractivity contribution in [1.29, 1.82) is 0 Å². The number of pyridine rings is 1. The summed E-state index contributed by atoms with van der Waals surface area (Å²) in [5, 5.41) is 4.75. The average Bonchev–Trinajstić information content (AvgIpc) is 3.12. The molecule has 0 saturated carbocycles. The van der Waals surface area contributed by atoms with E-state index in [-0.39, 0.29) is 0 Å². The fraction of sp³-hybridized carbons (Fsp3) is 0.278. The van der Waals surface area contributed by atoms with Gasteiger partial charge in [-0.1, -0.05) is 6.07 Å². The van der Waals surface area contributed by atoms with E-state index in [0.29, 0.717) is 6.04 Å². The molecule has 2 aliphatic rings. The molecule has 4 nitrogen and oxygen atoms in total. The van der Waals surface area contributed by atoms with E-state index in [4.69, 9.17) is 0 Å². The second-order valence-corrected chi connectivity index (χ2v) is 6.39. The van der Waals surface area contributed by atoms with Crippen molar-refractivity contribution in [2.75, 3.05) is 24.5 Å². The van der Waals surface area contributed by atoms with Crippen molar-refractivity contribution in [3.8, 4) is 11.1 Å². The van der Waals surface area contributed by atoms with Gasteiger partial charge in [0.05, 0.1) is 11.9 Å². The van der Waals surface area contributed by atoms with Crippen LogP contribution in [0.2, 0.25) is 0 Å². The summed E-state index contributed by atoms with van der Waals surface area (Å²) < 4.78 is 0.